The van der Waals surface area contributed by atoms with Crippen LogP contribution in [0.15, 0.2) is 24.3 Å². The summed E-state index contributed by atoms with van der Waals surface area (Å²) in [6.45, 7) is 3.02. The van der Waals surface area contributed by atoms with E-state index in [1.54, 1.807) is 7.11 Å². The first kappa shape index (κ1) is 11.4. The van der Waals surface area contributed by atoms with E-state index in [-0.39, 0.29) is 12.1 Å². The molecule has 1 aromatic carbocycles. The number of methoxy groups -OCH3 is 1. The zero-order valence-electron chi connectivity index (χ0n) is 9.85. The van der Waals surface area contributed by atoms with E-state index in [9.17, 15) is 0 Å². The quantitative estimate of drug-likeness (QED) is 0.850. The molecule has 0 bridgehead atoms. The van der Waals surface area contributed by atoms with Gasteiger partial charge in [0.1, 0.15) is 5.75 Å². The smallest absolute Gasteiger partial charge is 0.119 e. The lowest BCUT2D eigenvalue weighted by Crippen LogP contribution is -2.29. The van der Waals surface area contributed by atoms with Crippen molar-refractivity contribution in [3.63, 3.8) is 0 Å². The van der Waals surface area contributed by atoms with Gasteiger partial charge in [-0.15, -0.1) is 0 Å². The van der Waals surface area contributed by atoms with Crippen LogP contribution in [0.25, 0.3) is 0 Å². The SMILES string of the molecule is COc1cccc(C(N)C2OCCC2C)c1. The standard InChI is InChI=1S/C13H19NO2/c1-9-6-7-16-13(9)12(14)10-4-3-5-11(8-10)15-2/h3-5,8-9,12-13H,6-7,14H2,1-2H3. The first-order valence-electron chi connectivity index (χ1n) is 5.73. The van der Waals surface area contributed by atoms with Crippen LogP contribution in [0.3, 0.4) is 0 Å². The summed E-state index contributed by atoms with van der Waals surface area (Å²) in [6, 6.07) is 7.84. The van der Waals surface area contributed by atoms with E-state index in [0.717, 1.165) is 24.3 Å². The fraction of sp³-hybridized carbons (Fsp3) is 0.538. The van der Waals surface area contributed by atoms with Gasteiger partial charge in [-0.05, 0) is 30.0 Å². The second-order valence-corrected chi connectivity index (χ2v) is 4.40. The summed E-state index contributed by atoms with van der Waals surface area (Å²) in [5, 5.41) is 0. The Morgan fingerprint density at radius 3 is 2.94 bits per heavy atom. The minimum absolute atomic E-state index is 0.0624. The number of rotatable bonds is 3. The van der Waals surface area contributed by atoms with Crippen molar-refractivity contribution in [1.29, 1.82) is 0 Å². The Morgan fingerprint density at radius 1 is 1.50 bits per heavy atom. The van der Waals surface area contributed by atoms with Crippen LogP contribution in [0.2, 0.25) is 0 Å². The van der Waals surface area contributed by atoms with Crippen LogP contribution in [0, 0.1) is 5.92 Å². The Balaban J connectivity index is 2.16. The normalized spacial score (nSPS) is 26.7. The highest BCUT2D eigenvalue weighted by Gasteiger charge is 2.30. The molecule has 0 radical (unpaired) electrons. The van der Waals surface area contributed by atoms with Crippen molar-refractivity contribution >= 4 is 0 Å². The van der Waals surface area contributed by atoms with Gasteiger partial charge in [-0.1, -0.05) is 19.1 Å². The summed E-state index contributed by atoms with van der Waals surface area (Å²) in [5.74, 6) is 1.37. The lowest BCUT2D eigenvalue weighted by molar-refractivity contribution is 0.0724. The van der Waals surface area contributed by atoms with Gasteiger partial charge in [-0.25, -0.2) is 0 Å². The highest BCUT2D eigenvalue weighted by atomic mass is 16.5. The van der Waals surface area contributed by atoms with Crippen molar-refractivity contribution in [2.75, 3.05) is 13.7 Å². The maximum atomic E-state index is 6.23. The molecule has 3 atom stereocenters. The fourth-order valence-corrected chi connectivity index (χ4v) is 2.21. The van der Waals surface area contributed by atoms with Crippen LogP contribution >= 0.6 is 0 Å². The molecular weight excluding hydrogens is 202 g/mol. The minimum Gasteiger partial charge on any atom is -0.497 e. The monoisotopic (exact) mass is 221 g/mol. The van der Waals surface area contributed by atoms with E-state index in [1.807, 2.05) is 24.3 Å². The van der Waals surface area contributed by atoms with Crippen molar-refractivity contribution in [1.82, 2.24) is 0 Å². The summed E-state index contributed by atoms with van der Waals surface area (Å²) in [6.07, 6.45) is 1.23. The lowest BCUT2D eigenvalue weighted by atomic mass is 9.93. The van der Waals surface area contributed by atoms with Crippen LogP contribution in [0.1, 0.15) is 24.9 Å². The summed E-state index contributed by atoms with van der Waals surface area (Å²) in [4.78, 5) is 0. The molecule has 1 fully saturated rings. The number of hydrogen-bond acceptors (Lipinski definition) is 3. The Bertz CT molecular complexity index is 354. The molecule has 1 aromatic rings. The first-order chi connectivity index (χ1) is 7.72. The molecule has 3 heteroatoms. The van der Waals surface area contributed by atoms with E-state index >= 15 is 0 Å². The van der Waals surface area contributed by atoms with E-state index in [0.29, 0.717) is 5.92 Å². The van der Waals surface area contributed by atoms with Gasteiger partial charge in [0, 0.05) is 6.61 Å². The number of nitrogens with two attached hydrogens (primary N) is 1. The molecule has 0 saturated carbocycles. The molecule has 0 amide bonds. The van der Waals surface area contributed by atoms with E-state index < -0.39 is 0 Å². The number of ether oxygens (including phenoxy) is 2. The molecule has 3 unspecified atom stereocenters. The van der Waals surface area contributed by atoms with Gasteiger partial charge in [0.2, 0.25) is 0 Å². The molecule has 1 aliphatic heterocycles. The highest BCUT2D eigenvalue weighted by molar-refractivity contribution is 5.31. The average molecular weight is 221 g/mol. The van der Waals surface area contributed by atoms with E-state index in [2.05, 4.69) is 6.92 Å². The van der Waals surface area contributed by atoms with Crippen molar-refractivity contribution in [3.05, 3.63) is 29.8 Å². The molecule has 1 saturated heterocycles. The zero-order chi connectivity index (χ0) is 11.5. The van der Waals surface area contributed by atoms with Crippen molar-refractivity contribution < 1.29 is 9.47 Å². The maximum Gasteiger partial charge on any atom is 0.119 e. The molecule has 0 aliphatic carbocycles. The summed E-state index contributed by atoms with van der Waals surface area (Å²) in [7, 11) is 1.67. The minimum atomic E-state index is -0.0624. The predicted molar refractivity (Wildman–Crippen MR) is 63.4 cm³/mol. The summed E-state index contributed by atoms with van der Waals surface area (Å²) in [5.41, 5.74) is 7.32. The molecular formula is C13H19NO2. The van der Waals surface area contributed by atoms with Gasteiger partial charge in [0.25, 0.3) is 0 Å². The lowest BCUT2D eigenvalue weighted by Gasteiger charge is -2.23. The maximum absolute atomic E-state index is 6.23. The third-order valence-electron chi connectivity index (χ3n) is 3.28. The zero-order valence-corrected chi connectivity index (χ0v) is 9.85. The van der Waals surface area contributed by atoms with Crippen molar-refractivity contribution in [2.24, 2.45) is 11.7 Å². The Kier molecular flexibility index (Phi) is 3.46. The number of hydrogen-bond donors (Lipinski definition) is 1. The largest absolute Gasteiger partial charge is 0.497 e. The average Bonchev–Trinajstić information content (AvgIpc) is 2.74. The van der Waals surface area contributed by atoms with Gasteiger partial charge < -0.3 is 15.2 Å². The van der Waals surface area contributed by atoms with Gasteiger partial charge in [-0.2, -0.15) is 0 Å². The molecule has 16 heavy (non-hydrogen) atoms. The summed E-state index contributed by atoms with van der Waals surface area (Å²) >= 11 is 0. The summed E-state index contributed by atoms with van der Waals surface area (Å²) < 4.78 is 10.9. The van der Waals surface area contributed by atoms with Gasteiger partial charge in [0.15, 0.2) is 0 Å². The van der Waals surface area contributed by atoms with Gasteiger partial charge in [0.05, 0.1) is 19.3 Å². The topological polar surface area (TPSA) is 44.5 Å². The van der Waals surface area contributed by atoms with Crippen LogP contribution in [-0.2, 0) is 4.74 Å². The molecule has 0 aromatic heterocycles. The molecule has 0 spiro atoms. The van der Waals surface area contributed by atoms with Crippen LogP contribution in [0.5, 0.6) is 5.75 Å². The van der Waals surface area contributed by atoms with Crippen LogP contribution < -0.4 is 10.5 Å². The molecule has 1 aliphatic rings. The van der Waals surface area contributed by atoms with E-state index in [1.165, 1.54) is 0 Å². The molecule has 2 N–H and O–H groups in total. The first-order valence-corrected chi connectivity index (χ1v) is 5.73. The van der Waals surface area contributed by atoms with Crippen molar-refractivity contribution in [2.45, 2.75) is 25.5 Å². The Labute approximate surface area is 96.5 Å². The fourth-order valence-electron chi connectivity index (χ4n) is 2.21. The molecule has 3 nitrogen and oxygen atoms in total. The third kappa shape index (κ3) is 2.20. The van der Waals surface area contributed by atoms with Crippen molar-refractivity contribution in [3.8, 4) is 5.75 Å². The second-order valence-electron chi connectivity index (χ2n) is 4.40. The molecule has 1 heterocycles. The second kappa shape index (κ2) is 4.85. The third-order valence-corrected chi connectivity index (χ3v) is 3.28. The van der Waals surface area contributed by atoms with Gasteiger partial charge >= 0.3 is 0 Å². The Morgan fingerprint density at radius 2 is 2.31 bits per heavy atom. The number of benzene rings is 1. The van der Waals surface area contributed by atoms with Crippen LogP contribution in [-0.4, -0.2) is 19.8 Å². The predicted octanol–water partition coefficient (Wildman–Crippen LogP) is 2.12. The molecule has 88 valence electrons. The van der Waals surface area contributed by atoms with E-state index in [4.69, 9.17) is 15.2 Å². The van der Waals surface area contributed by atoms with Gasteiger partial charge in [-0.3, -0.25) is 0 Å². The highest BCUT2D eigenvalue weighted by Crippen LogP contribution is 2.30. The Hall–Kier alpha value is -1.06. The van der Waals surface area contributed by atoms with Crippen LogP contribution in [0.4, 0.5) is 0 Å². The molecule has 2 rings (SSSR count).